The van der Waals surface area contributed by atoms with Crippen LogP contribution >= 0.6 is 0 Å². The Kier molecular flexibility index (Phi) is 8.09. The predicted molar refractivity (Wildman–Crippen MR) is 150 cm³/mol. The quantitative estimate of drug-likeness (QED) is 0.375. The Morgan fingerprint density at radius 3 is 2.46 bits per heavy atom. The van der Waals surface area contributed by atoms with E-state index < -0.39 is 30.0 Å². The fourth-order valence-electron chi connectivity index (χ4n) is 4.25. The van der Waals surface area contributed by atoms with E-state index in [1.807, 2.05) is 78.8 Å². The lowest BCUT2D eigenvalue weighted by molar-refractivity contribution is 0.00578. The summed E-state index contributed by atoms with van der Waals surface area (Å²) in [7, 11) is -0.442. The van der Waals surface area contributed by atoms with Crippen LogP contribution in [0, 0.1) is 0 Å². The lowest BCUT2D eigenvalue weighted by Gasteiger charge is -2.32. The summed E-state index contributed by atoms with van der Waals surface area (Å²) in [5.41, 5.74) is 6.45. The second-order valence-electron chi connectivity index (χ2n) is 11.7. The molecule has 0 bridgehead atoms. The van der Waals surface area contributed by atoms with E-state index in [0.717, 1.165) is 21.9 Å². The first-order chi connectivity index (χ1) is 18.2. The van der Waals surface area contributed by atoms with Gasteiger partial charge in [-0.05, 0) is 90.5 Å². The fourth-order valence-corrected chi connectivity index (χ4v) is 4.25. The van der Waals surface area contributed by atoms with Gasteiger partial charge in [-0.2, -0.15) is 0 Å². The SMILES string of the molecule is CC(COc1cncc(CCC(C)(C)OC(N)=O)c1)Oc1cnc2ccc(B3OC(C)(C)C(C)(C)O3)cc2c1. The van der Waals surface area contributed by atoms with Crippen LogP contribution < -0.4 is 20.7 Å². The molecule has 0 saturated carbocycles. The van der Waals surface area contributed by atoms with E-state index in [0.29, 0.717) is 30.9 Å². The van der Waals surface area contributed by atoms with Gasteiger partial charge in [0.05, 0.1) is 29.1 Å². The van der Waals surface area contributed by atoms with Crippen molar-refractivity contribution < 1.29 is 28.3 Å². The number of aryl methyl sites for hydroxylation is 1. The number of hydrogen-bond acceptors (Lipinski definition) is 8. The minimum Gasteiger partial charge on any atom is -0.488 e. The van der Waals surface area contributed by atoms with Gasteiger partial charge in [-0.25, -0.2) is 4.79 Å². The number of benzene rings is 1. The number of ether oxygens (including phenoxy) is 3. The Morgan fingerprint density at radius 1 is 1.05 bits per heavy atom. The topological polar surface area (TPSA) is 115 Å². The Labute approximate surface area is 230 Å². The Bertz CT molecular complexity index is 1310. The molecule has 2 aromatic heterocycles. The molecule has 10 heteroatoms. The number of rotatable bonds is 10. The smallest absolute Gasteiger partial charge is 0.488 e. The van der Waals surface area contributed by atoms with Crippen LogP contribution in [0.4, 0.5) is 4.79 Å². The number of fused-ring (bicyclic) bond motifs is 1. The molecule has 1 aromatic carbocycles. The van der Waals surface area contributed by atoms with Gasteiger partial charge in [0.1, 0.15) is 29.8 Å². The van der Waals surface area contributed by atoms with Crippen molar-refractivity contribution in [3.63, 3.8) is 0 Å². The molecule has 3 aromatic rings. The monoisotopic (exact) mass is 535 g/mol. The summed E-state index contributed by atoms with van der Waals surface area (Å²) in [6.07, 6.45) is 5.39. The van der Waals surface area contributed by atoms with Gasteiger partial charge in [0.15, 0.2) is 0 Å². The lowest BCUT2D eigenvalue weighted by Crippen LogP contribution is -2.41. The van der Waals surface area contributed by atoms with Gasteiger partial charge in [-0.1, -0.05) is 12.1 Å². The zero-order chi connectivity index (χ0) is 28.4. The van der Waals surface area contributed by atoms with Crippen molar-refractivity contribution in [2.75, 3.05) is 6.61 Å². The first-order valence-corrected chi connectivity index (χ1v) is 13.2. The van der Waals surface area contributed by atoms with Crippen LogP contribution in [0.15, 0.2) is 48.9 Å². The molecule has 1 saturated heterocycles. The molecule has 1 fully saturated rings. The molecule has 0 radical (unpaired) electrons. The molecule has 2 N–H and O–H groups in total. The number of aromatic nitrogens is 2. The molecule has 1 aliphatic rings. The summed E-state index contributed by atoms with van der Waals surface area (Å²) in [5, 5.41) is 0.938. The zero-order valence-electron chi connectivity index (χ0n) is 23.8. The summed E-state index contributed by atoms with van der Waals surface area (Å²) in [5.74, 6) is 1.29. The lowest BCUT2D eigenvalue weighted by atomic mass is 9.78. The number of hydrogen-bond donors (Lipinski definition) is 1. The number of amides is 1. The molecule has 0 spiro atoms. The third-order valence-electron chi connectivity index (χ3n) is 7.19. The highest BCUT2D eigenvalue weighted by Gasteiger charge is 2.51. The van der Waals surface area contributed by atoms with Crippen LogP contribution in [0.5, 0.6) is 11.5 Å². The number of carbonyl (C=O) groups excluding carboxylic acids is 1. The van der Waals surface area contributed by atoms with E-state index in [-0.39, 0.29) is 6.10 Å². The summed E-state index contributed by atoms with van der Waals surface area (Å²) in [6.45, 7) is 14.1. The van der Waals surface area contributed by atoms with Crippen LogP contribution in [0.25, 0.3) is 10.9 Å². The Balaban J connectivity index is 1.35. The van der Waals surface area contributed by atoms with Gasteiger partial charge < -0.3 is 29.3 Å². The highest BCUT2D eigenvalue weighted by Crippen LogP contribution is 2.36. The molecule has 1 aliphatic heterocycles. The molecule has 1 unspecified atom stereocenters. The first kappa shape index (κ1) is 28.6. The van der Waals surface area contributed by atoms with Gasteiger partial charge >= 0.3 is 13.2 Å². The maximum atomic E-state index is 11.1. The van der Waals surface area contributed by atoms with Gasteiger partial charge in [-0.15, -0.1) is 0 Å². The average molecular weight is 535 g/mol. The van der Waals surface area contributed by atoms with Crippen molar-refractivity contribution in [3.05, 3.63) is 54.5 Å². The van der Waals surface area contributed by atoms with E-state index in [2.05, 4.69) is 9.97 Å². The van der Waals surface area contributed by atoms with Crippen molar-refractivity contribution in [1.29, 1.82) is 0 Å². The van der Waals surface area contributed by atoms with Crippen LogP contribution in [-0.4, -0.2) is 52.7 Å². The Hall–Kier alpha value is -3.37. The van der Waals surface area contributed by atoms with Crippen LogP contribution in [0.1, 0.15) is 60.5 Å². The predicted octanol–water partition coefficient (Wildman–Crippen LogP) is 4.58. The van der Waals surface area contributed by atoms with E-state index in [9.17, 15) is 4.79 Å². The summed E-state index contributed by atoms with van der Waals surface area (Å²) in [6, 6.07) is 9.88. The van der Waals surface area contributed by atoms with Crippen LogP contribution in [-0.2, 0) is 20.5 Å². The molecular formula is C29H38BN3O6. The maximum absolute atomic E-state index is 11.1. The van der Waals surface area contributed by atoms with Crippen molar-refractivity contribution >= 4 is 29.6 Å². The van der Waals surface area contributed by atoms with Gasteiger partial charge in [0.2, 0.25) is 0 Å². The normalized spacial score (nSPS) is 17.2. The van der Waals surface area contributed by atoms with Crippen LogP contribution in [0.2, 0.25) is 0 Å². The van der Waals surface area contributed by atoms with E-state index >= 15 is 0 Å². The number of pyridine rings is 2. The minimum atomic E-state index is -0.781. The second-order valence-corrected chi connectivity index (χ2v) is 11.7. The molecule has 3 heterocycles. The number of primary amides is 1. The average Bonchev–Trinajstić information content (AvgIpc) is 3.07. The van der Waals surface area contributed by atoms with Crippen molar-refractivity contribution in [2.45, 2.75) is 84.2 Å². The summed E-state index contributed by atoms with van der Waals surface area (Å²) >= 11 is 0. The Morgan fingerprint density at radius 2 is 1.77 bits per heavy atom. The van der Waals surface area contributed by atoms with Gasteiger partial charge in [-0.3, -0.25) is 9.97 Å². The van der Waals surface area contributed by atoms with Gasteiger partial charge in [0, 0.05) is 11.6 Å². The first-order valence-electron chi connectivity index (χ1n) is 13.2. The number of nitrogens with zero attached hydrogens (tertiary/aromatic N) is 2. The molecule has 1 amide bonds. The fraction of sp³-hybridized carbons (Fsp3) is 0.483. The summed E-state index contributed by atoms with van der Waals surface area (Å²) < 4.78 is 29.6. The van der Waals surface area contributed by atoms with Gasteiger partial charge in [0.25, 0.3) is 0 Å². The molecule has 9 nitrogen and oxygen atoms in total. The highest BCUT2D eigenvalue weighted by molar-refractivity contribution is 6.62. The molecule has 1 atom stereocenters. The largest absolute Gasteiger partial charge is 0.494 e. The number of nitrogens with two attached hydrogens (primary N) is 1. The van der Waals surface area contributed by atoms with E-state index in [1.165, 1.54) is 0 Å². The molecular weight excluding hydrogens is 497 g/mol. The highest BCUT2D eigenvalue weighted by atomic mass is 16.7. The maximum Gasteiger partial charge on any atom is 0.494 e. The standard InChI is InChI=1S/C29H38BN3O6/c1-19(18-35-23-12-20(15-32-16-23)10-11-27(2,3)37-26(31)34)36-24-14-21-13-22(8-9-25(21)33-17-24)30-38-28(4,5)29(6,7)39-30/h8-9,12-17,19H,10-11,18H2,1-7H3,(H2,31,34). The summed E-state index contributed by atoms with van der Waals surface area (Å²) in [4.78, 5) is 19.9. The number of carbonyl (C=O) groups is 1. The van der Waals surface area contributed by atoms with E-state index in [4.69, 9.17) is 29.3 Å². The second kappa shape index (κ2) is 11.0. The van der Waals surface area contributed by atoms with Crippen molar-refractivity contribution in [2.24, 2.45) is 5.73 Å². The third-order valence-corrected chi connectivity index (χ3v) is 7.19. The zero-order valence-corrected chi connectivity index (χ0v) is 23.8. The van der Waals surface area contributed by atoms with Crippen LogP contribution in [0.3, 0.4) is 0 Å². The van der Waals surface area contributed by atoms with E-state index in [1.54, 1.807) is 18.6 Å². The third kappa shape index (κ3) is 7.19. The molecule has 208 valence electrons. The molecule has 39 heavy (non-hydrogen) atoms. The molecule has 0 aliphatic carbocycles. The van der Waals surface area contributed by atoms with Crippen molar-refractivity contribution in [3.8, 4) is 11.5 Å². The minimum absolute atomic E-state index is 0.234. The van der Waals surface area contributed by atoms with Crippen molar-refractivity contribution in [1.82, 2.24) is 9.97 Å². The molecule has 4 rings (SSSR count).